The minimum Gasteiger partial charge on any atom is -0.478 e. The Hall–Kier alpha value is -3.57. The van der Waals surface area contributed by atoms with Crippen LogP contribution in [0.5, 0.6) is 0 Å². The Balaban J connectivity index is 1.58. The Labute approximate surface area is 196 Å². The van der Waals surface area contributed by atoms with Crippen LogP contribution in [-0.2, 0) is 12.3 Å². The quantitative estimate of drug-likeness (QED) is 0.286. The van der Waals surface area contributed by atoms with Crippen LogP contribution in [0.4, 0.5) is 0 Å². The maximum atomic E-state index is 11.8. The number of carbonyl (C=O) groups is 1. The van der Waals surface area contributed by atoms with Gasteiger partial charge in [-0.1, -0.05) is 72.4 Å². The molecular formula is C28H24N2O2S. The van der Waals surface area contributed by atoms with Crippen LogP contribution in [0.15, 0.2) is 84.0 Å². The van der Waals surface area contributed by atoms with Gasteiger partial charge in [-0.05, 0) is 65.1 Å². The highest BCUT2D eigenvalue weighted by Crippen LogP contribution is 2.31. The average Bonchev–Trinajstić information content (AvgIpc) is 3.14. The summed E-state index contributed by atoms with van der Waals surface area (Å²) in [5.41, 5.74) is 6.64. The number of thioether (sulfide) groups is 1. The number of aromatic carboxylic acids is 1. The van der Waals surface area contributed by atoms with Crippen LogP contribution in [0.1, 0.15) is 32.6 Å². The fraction of sp³-hybridized carbons (Fsp3) is 0.143. The number of rotatable bonds is 6. The van der Waals surface area contributed by atoms with Crippen LogP contribution in [-0.4, -0.2) is 20.6 Å². The summed E-state index contributed by atoms with van der Waals surface area (Å²) in [6.45, 7) is 4.75. The van der Waals surface area contributed by atoms with E-state index < -0.39 is 5.97 Å². The van der Waals surface area contributed by atoms with E-state index in [0.29, 0.717) is 17.9 Å². The molecule has 0 aliphatic heterocycles. The van der Waals surface area contributed by atoms with Crippen molar-refractivity contribution in [2.75, 3.05) is 0 Å². The van der Waals surface area contributed by atoms with Crippen LogP contribution in [0.25, 0.3) is 21.8 Å². The number of carboxylic acid groups (broad SMARTS) is 1. The summed E-state index contributed by atoms with van der Waals surface area (Å²) in [6.07, 6.45) is 0. The number of carboxylic acids is 1. The first-order valence-electron chi connectivity index (χ1n) is 10.9. The molecule has 33 heavy (non-hydrogen) atoms. The van der Waals surface area contributed by atoms with Crippen molar-refractivity contribution < 1.29 is 9.90 Å². The van der Waals surface area contributed by atoms with E-state index in [4.69, 9.17) is 4.98 Å². The van der Waals surface area contributed by atoms with Gasteiger partial charge in [0.2, 0.25) is 0 Å². The average molecular weight is 453 g/mol. The first-order valence-corrected chi connectivity index (χ1v) is 11.9. The third kappa shape index (κ3) is 4.12. The summed E-state index contributed by atoms with van der Waals surface area (Å²) >= 11 is 1.59. The molecule has 1 heterocycles. The van der Waals surface area contributed by atoms with Gasteiger partial charge in [0, 0.05) is 5.75 Å². The van der Waals surface area contributed by atoms with Gasteiger partial charge in [-0.15, -0.1) is 0 Å². The third-order valence-corrected chi connectivity index (χ3v) is 7.07. The fourth-order valence-electron chi connectivity index (χ4n) is 4.31. The van der Waals surface area contributed by atoms with Crippen molar-refractivity contribution in [3.8, 4) is 0 Å². The molecule has 0 saturated heterocycles. The number of hydrogen-bond acceptors (Lipinski definition) is 3. The van der Waals surface area contributed by atoms with Crippen LogP contribution in [0.2, 0.25) is 0 Å². The molecule has 164 valence electrons. The number of hydrogen-bond donors (Lipinski definition) is 1. The first-order chi connectivity index (χ1) is 16.0. The molecule has 5 aromatic rings. The van der Waals surface area contributed by atoms with Crippen LogP contribution in [0, 0.1) is 13.8 Å². The molecular weight excluding hydrogens is 428 g/mol. The van der Waals surface area contributed by atoms with E-state index in [1.54, 1.807) is 23.9 Å². The zero-order chi connectivity index (χ0) is 22.9. The number of imidazole rings is 1. The van der Waals surface area contributed by atoms with Gasteiger partial charge in [-0.3, -0.25) is 0 Å². The smallest absolute Gasteiger partial charge is 0.336 e. The molecule has 4 aromatic carbocycles. The summed E-state index contributed by atoms with van der Waals surface area (Å²) in [4.78, 5) is 16.7. The van der Waals surface area contributed by atoms with E-state index in [2.05, 4.69) is 72.2 Å². The maximum absolute atomic E-state index is 11.8. The van der Waals surface area contributed by atoms with Gasteiger partial charge in [-0.25, -0.2) is 9.78 Å². The Morgan fingerprint density at radius 2 is 1.76 bits per heavy atom. The lowest BCUT2D eigenvalue weighted by molar-refractivity contribution is 0.0696. The molecule has 0 atom stereocenters. The minimum absolute atomic E-state index is 0.357. The lowest BCUT2D eigenvalue weighted by atomic mass is 10.0. The van der Waals surface area contributed by atoms with Crippen LogP contribution < -0.4 is 0 Å². The lowest BCUT2D eigenvalue weighted by Gasteiger charge is -2.13. The molecule has 0 unspecified atom stereocenters. The monoisotopic (exact) mass is 452 g/mol. The van der Waals surface area contributed by atoms with Crippen molar-refractivity contribution in [1.29, 1.82) is 0 Å². The second-order valence-corrected chi connectivity index (χ2v) is 9.25. The highest BCUT2D eigenvalue weighted by Gasteiger charge is 2.17. The summed E-state index contributed by atoms with van der Waals surface area (Å²) in [5.74, 6) is -0.347. The molecule has 5 rings (SSSR count). The molecule has 0 aliphatic carbocycles. The second kappa shape index (κ2) is 8.75. The topological polar surface area (TPSA) is 55.1 Å². The van der Waals surface area contributed by atoms with E-state index in [0.717, 1.165) is 27.3 Å². The highest BCUT2D eigenvalue weighted by atomic mass is 32.2. The normalized spacial score (nSPS) is 11.3. The van der Waals surface area contributed by atoms with Gasteiger partial charge in [-0.2, -0.15) is 0 Å². The number of fused-ring (bicyclic) bond motifs is 2. The molecule has 0 saturated carbocycles. The largest absolute Gasteiger partial charge is 0.478 e. The summed E-state index contributed by atoms with van der Waals surface area (Å²) < 4.78 is 2.26. The van der Waals surface area contributed by atoms with E-state index >= 15 is 0 Å². The third-order valence-electron chi connectivity index (χ3n) is 6.06. The summed E-state index contributed by atoms with van der Waals surface area (Å²) in [6, 6.07) is 26.6. The maximum Gasteiger partial charge on any atom is 0.336 e. The minimum atomic E-state index is -0.894. The van der Waals surface area contributed by atoms with Crippen molar-refractivity contribution in [3.63, 3.8) is 0 Å². The van der Waals surface area contributed by atoms with Crippen LogP contribution in [0.3, 0.4) is 0 Å². The summed E-state index contributed by atoms with van der Waals surface area (Å²) in [5, 5.41) is 13.0. The van der Waals surface area contributed by atoms with Crippen LogP contribution >= 0.6 is 11.8 Å². The standard InChI is InChI=1S/C28H24N2O2S/c1-18-13-14-25-26(15-18)30(16-21-10-6-9-20-8-3-4-11-22(20)21)28(29-25)33-17-24-19(2)7-5-12-23(24)27(31)32/h3-15H,16-17H2,1-2H3,(H,31,32). The Morgan fingerprint density at radius 3 is 2.61 bits per heavy atom. The van der Waals surface area contributed by atoms with E-state index in [1.165, 1.54) is 21.9 Å². The molecule has 0 aliphatic rings. The van der Waals surface area contributed by atoms with Gasteiger partial charge < -0.3 is 9.67 Å². The highest BCUT2D eigenvalue weighted by molar-refractivity contribution is 7.98. The van der Waals surface area contributed by atoms with Crippen molar-refractivity contribution in [3.05, 3.63) is 107 Å². The zero-order valence-corrected chi connectivity index (χ0v) is 19.4. The number of aromatic nitrogens is 2. The van der Waals surface area contributed by atoms with Gasteiger partial charge in [0.15, 0.2) is 5.16 Å². The molecule has 5 heteroatoms. The molecule has 0 bridgehead atoms. The van der Waals surface area contributed by atoms with Crippen molar-refractivity contribution in [2.45, 2.75) is 31.3 Å². The predicted molar refractivity (Wildman–Crippen MR) is 135 cm³/mol. The fourth-order valence-corrected chi connectivity index (χ4v) is 5.44. The molecule has 0 fully saturated rings. The first kappa shape index (κ1) is 21.3. The number of nitrogens with zero attached hydrogens (tertiary/aromatic N) is 2. The van der Waals surface area contributed by atoms with Crippen molar-refractivity contribution in [1.82, 2.24) is 9.55 Å². The molecule has 0 radical (unpaired) electrons. The van der Waals surface area contributed by atoms with Crippen molar-refractivity contribution >= 4 is 39.5 Å². The lowest BCUT2D eigenvalue weighted by Crippen LogP contribution is -2.05. The van der Waals surface area contributed by atoms with E-state index in [9.17, 15) is 9.90 Å². The number of benzene rings is 4. The Morgan fingerprint density at radius 1 is 0.970 bits per heavy atom. The molecule has 0 amide bonds. The SMILES string of the molecule is Cc1ccc2nc(SCc3c(C)cccc3C(=O)O)n(Cc3cccc4ccccc34)c2c1. The zero-order valence-electron chi connectivity index (χ0n) is 18.6. The Kier molecular flexibility index (Phi) is 5.65. The van der Waals surface area contributed by atoms with Gasteiger partial charge in [0.05, 0.1) is 23.1 Å². The van der Waals surface area contributed by atoms with Gasteiger partial charge in [0.25, 0.3) is 0 Å². The molecule has 1 aromatic heterocycles. The summed E-state index contributed by atoms with van der Waals surface area (Å²) in [7, 11) is 0. The molecule has 0 spiro atoms. The van der Waals surface area contributed by atoms with E-state index in [-0.39, 0.29) is 0 Å². The Bertz CT molecular complexity index is 1500. The van der Waals surface area contributed by atoms with E-state index in [1.807, 2.05) is 13.0 Å². The number of aryl methyl sites for hydroxylation is 2. The van der Waals surface area contributed by atoms with Gasteiger partial charge >= 0.3 is 5.97 Å². The second-order valence-electron chi connectivity index (χ2n) is 8.31. The van der Waals surface area contributed by atoms with Crippen molar-refractivity contribution in [2.24, 2.45) is 0 Å². The molecule has 1 N–H and O–H groups in total. The predicted octanol–water partition coefficient (Wildman–Crippen LogP) is 6.85. The van der Waals surface area contributed by atoms with Gasteiger partial charge in [0.1, 0.15) is 0 Å². The molecule has 4 nitrogen and oxygen atoms in total.